The van der Waals surface area contributed by atoms with Crippen molar-refractivity contribution in [1.29, 1.82) is 0 Å². The van der Waals surface area contributed by atoms with Gasteiger partial charge in [-0.2, -0.15) is 5.10 Å². The highest BCUT2D eigenvalue weighted by atomic mass is 35.5. The van der Waals surface area contributed by atoms with E-state index in [2.05, 4.69) is 16.2 Å². The lowest BCUT2D eigenvalue weighted by Gasteiger charge is -2.24. The van der Waals surface area contributed by atoms with Gasteiger partial charge in [-0.25, -0.2) is 0 Å². The Balaban J connectivity index is 2.22. The zero-order valence-electron chi connectivity index (χ0n) is 11.8. The van der Waals surface area contributed by atoms with Crippen LogP contribution in [0, 0.1) is 12.3 Å². The van der Waals surface area contributed by atoms with Gasteiger partial charge in [0.2, 0.25) is 0 Å². The minimum Gasteiger partial charge on any atom is -0.374 e. The number of hydrazone groups is 1. The van der Waals surface area contributed by atoms with E-state index in [4.69, 9.17) is 23.1 Å². The largest absolute Gasteiger partial charge is 0.374 e. The molecule has 2 rings (SSSR count). The fourth-order valence-corrected chi connectivity index (χ4v) is 2.53. The van der Waals surface area contributed by atoms with Crippen LogP contribution in [0.4, 0.5) is 5.69 Å². The maximum absolute atomic E-state index is 6.10. The molecule has 1 aliphatic heterocycles. The number of halogens is 1. The molecule has 0 aromatic heterocycles. The summed E-state index contributed by atoms with van der Waals surface area (Å²) < 4.78 is 0. The Hall–Kier alpha value is -1.66. The van der Waals surface area contributed by atoms with Gasteiger partial charge in [-0.15, -0.1) is 6.42 Å². The van der Waals surface area contributed by atoms with Crippen LogP contribution in [0.5, 0.6) is 0 Å². The number of nitrogens with zero attached hydrogens (tertiary/aromatic N) is 2. The summed E-state index contributed by atoms with van der Waals surface area (Å²) >= 11 is 6.10. The van der Waals surface area contributed by atoms with Gasteiger partial charge in [0.05, 0.1) is 12.3 Å². The highest BCUT2D eigenvalue weighted by molar-refractivity contribution is 6.31. The van der Waals surface area contributed by atoms with Gasteiger partial charge in [-0.3, -0.25) is 5.01 Å². The number of hydrogen-bond acceptors (Lipinski definition) is 3. The third-order valence-electron chi connectivity index (χ3n) is 3.38. The molecule has 106 valence electrons. The third kappa shape index (κ3) is 3.91. The fraction of sp³-hybridized carbons (Fsp3) is 0.438. The van der Waals surface area contributed by atoms with Gasteiger partial charge in [0.25, 0.3) is 0 Å². The molecular weight excluding hydrogens is 270 g/mol. The molecule has 1 aromatic carbocycles. The predicted octanol–water partition coefficient (Wildman–Crippen LogP) is 3.60. The number of rotatable bonds is 4. The number of piperidine rings is 1. The quantitative estimate of drug-likeness (QED) is 0.677. The summed E-state index contributed by atoms with van der Waals surface area (Å²) in [5, 5.41) is 10.8. The number of terminal acetylenes is 1. The van der Waals surface area contributed by atoms with Crippen molar-refractivity contribution in [3.8, 4) is 12.3 Å². The van der Waals surface area contributed by atoms with Crippen LogP contribution < -0.4 is 5.32 Å². The first-order valence-corrected chi connectivity index (χ1v) is 7.36. The van der Waals surface area contributed by atoms with Crippen LogP contribution in [-0.4, -0.2) is 30.4 Å². The number of anilines is 1. The molecule has 1 N–H and O–H groups in total. The molecular formula is C16H20ClN3. The minimum atomic E-state index is 0.492. The van der Waals surface area contributed by atoms with E-state index in [1.165, 1.54) is 19.3 Å². The maximum Gasteiger partial charge on any atom is 0.0763 e. The van der Waals surface area contributed by atoms with E-state index in [-0.39, 0.29) is 0 Å². The first kappa shape index (κ1) is 14.7. The second kappa shape index (κ2) is 7.21. The molecule has 4 heteroatoms. The van der Waals surface area contributed by atoms with Crippen molar-refractivity contribution in [1.82, 2.24) is 5.01 Å². The van der Waals surface area contributed by atoms with Crippen LogP contribution in [0.25, 0.3) is 0 Å². The molecule has 0 unspecified atom stereocenters. The summed E-state index contributed by atoms with van der Waals surface area (Å²) in [4.78, 5) is 0. The average Bonchev–Trinajstić information content (AvgIpc) is 2.47. The Morgan fingerprint density at radius 3 is 2.85 bits per heavy atom. The lowest BCUT2D eigenvalue weighted by Crippen LogP contribution is -2.26. The summed E-state index contributed by atoms with van der Waals surface area (Å²) in [5.74, 6) is 2.58. The molecule has 3 nitrogen and oxygen atoms in total. The van der Waals surface area contributed by atoms with Crippen molar-refractivity contribution in [2.45, 2.75) is 26.2 Å². The van der Waals surface area contributed by atoms with E-state index >= 15 is 0 Å². The number of benzene rings is 1. The van der Waals surface area contributed by atoms with Crippen molar-refractivity contribution in [2.24, 2.45) is 5.10 Å². The lowest BCUT2D eigenvalue weighted by atomic mass is 10.1. The van der Waals surface area contributed by atoms with Crippen LogP contribution in [0.15, 0.2) is 23.3 Å². The first-order valence-electron chi connectivity index (χ1n) is 6.98. The van der Waals surface area contributed by atoms with Gasteiger partial charge in [0, 0.05) is 29.4 Å². The summed E-state index contributed by atoms with van der Waals surface area (Å²) in [5.41, 5.74) is 2.96. The van der Waals surface area contributed by atoms with Gasteiger partial charge in [0.1, 0.15) is 0 Å². The molecule has 1 fully saturated rings. The van der Waals surface area contributed by atoms with Crippen LogP contribution in [-0.2, 0) is 0 Å². The van der Waals surface area contributed by atoms with E-state index in [0.717, 1.165) is 30.1 Å². The van der Waals surface area contributed by atoms with E-state index in [9.17, 15) is 0 Å². The van der Waals surface area contributed by atoms with Gasteiger partial charge in [0.15, 0.2) is 0 Å². The Bertz CT molecular complexity index is 525. The van der Waals surface area contributed by atoms with Crippen molar-refractivity contribution in [3.05, 3.63) is 28.8 Å². The monoisotopic (exact) mass is 289 g/mol. The predicted molar refractivity (Wildman–Crippen MR) is 86.4 cm³/mol. The molecule has 1 saturated heterocycles. The van der Waals surface area contributed by atoms with Gasteiger partial charge >= 0.3 is 0 Å². The molecule has 1 aromatic rings. The Labute approximate surface area is 126 Å². The number of nitrogens with one attached hydrogen (secondary N) is 1. The highest BCUT2D eigenvalue weighted by Crippen LogP contribution is 2.22. The van der Waals surface area contributed by atoms with Crippen LogP contribution in [0.3, 0.4) is 0 Å². The molecule has 0 aliphatic carbocycles. The fourth-order valence-electron chi connectivity index (χ4n) is 2.36. The Morgan fingerprint density at radius 1 is 1.40 bits per heavy atom. The minimum absolute atomic E-state index is 0.492. The Kier molecular flexibility index (Phi) is 5.31. The van der Waals surface area contributed by atoms with E-state index in [1.54, 1.807) is 0 Å². The van der Waals surface area contributed by atoms with Crippen molar-refractivity contribution < 1.29 is 0 Å². The average molecular weight is 290 g/mol. The van der Waals surface area contributed by atoms with Crippen molar-refractivity contribution in [3.63, 3.8) is 0 Å². The second-order valence-corrected chi connectivity index (χ2v) is 5.38. The molecule has 1 aliphatic rings. The van der Waals surface area contributed by atoms with Crippen molar-refractivity contribution in [2.75, 3.05) is 25.0 Å². The summed E-state index contributed by atoms with van der Waals surface area (Å²) in [6, 6.07) is 5.74. The maximum atomic E-state index is 6.10. The standard InChI is InChI=1S/C16H20ClN3/c1-3-9-18-16-8-7-14(17)12-15(16)13(2)19-20-10-5-4-6-11-20/h1,7-8,12,18H,4-6,9-11H2,2H3/b19-13+. The molecule has 0 spiro atoms. The molecule has 0 amide bonds. The third-order valence-corrected chi connectivity index (χ3v) is 3.61. The second-order valence-electron chi connectivity index (χ2n) is 4.95. The van der Waals surface area contributed by atoms with E-state index in [1.807, 2.05) is 25.1 Å². The smallest absolute Gasteiger partial charge is 0.0763 e. The molecule has 0 atom stereocenters. The molecule has 20 heavy (non-hydrogen) atoms. The number of hydrogen-bond donors (Lipinski definition) is 1. The molecule has 0 bridgehead atoms. The van der Waals surface area contributed by atoms with Gasteiger partial charge < -0.3 is 5.32 Å². The molecule has 1 heterocycles. The SMILES string of the molecule is C#CCNc1ccc(Cl)cc1/C(C)=N/N1CCCCC1. The van der Waals surface area contributed by atoms with Crippen LogP contribution in [0.1, 0.15) is 31.7 Å². The van der Waals surface area contributed by atoms with Crippen LogP contribution >= 0.6 is 11.6 Å². The normalized spacial score (nSPS) is 15.8. The van der Waals surface area contributed by atoms with Crippen LogP contribution in [0.2, 0.25) is 5.02 Å². The summed E-state index contributed by atoms with van der Waals surface area (Å²) in [7, 11) is 0. The zero-order valence-corrected chi connectivity index (χ0v) is 12.6. The van der Waals surface area contributed by atoms with E-state index in [0.29, 0.717) is 11.6 Å². The van der Waals surface area contributed by atoms with Gasteiger partial charge in [-0.1, -0.05) is 17.5 Å². The lowest BCUT2D eigenvalue weighted by molar-refractivity contribution is 0.239. The molecule has 0 saturated carbocycles. The molecule has 0 radical (unpaired) electrons. The topological polar surface area (TPSA) is 27.6 Å². The van der Waals surface area contributed by atoms with Crippen molar-refractivity contribution >= 4 is 23.0 Å². The van der Waals surface area contributed by atoms with E-state index < -0.39 is 0 Å². The first-order chi connectivity index (χ1) is 9.70. The summed E-state index contributed by atoms with van der Waals surface area (Å²) in [6.07, 6.45) is 9.04. The zero-order chi connectivity index (χ0) is 14.4. The van der Waals surface area contributed by atoms with Gasteiger partial charge in [-0.05, 0) is 44.4 Å². The summed E-state index contributed by atoms with van der Waals surface area (Å²) in [6.45, 7) is 4.57. The highest BCUT2D eigenvalue weighted by Gasteiger charge is 2.11. The Morgan fingerprint density at radius 2 is 2.15 bits per heavy atom.